The highest BCUT2D eigenvalue weighted by molar-refractivity contribution is 5.73. The number of ether oxygens (including phenoxy) is 1. The summed E-state index contributed by atoms with van der Waals surface area (Å²) >= 11 is 0. The van der Waals surface area contributed by atoms with Crippen molar-refractivity contribution in [1.82, 2.24) is 19.7 Å². The number of methoxy groups -OCH3 is 1. The topological polar surface area (TPSA) is 72.8 Å². The number of aromatic nitrogens is 4. The Morgan fingerprint density at radius 2 is 1.85 bits per heavy atom. The molecule has 2 fully saturated rings. The van der Waals surface area contributed by atoms with Crippen LogP contribution in [0.2, 0.25) is 0 Å². The number of nitrogens with zero attached hydrogens (tertiary/aromatic N) is 3. The molecule has 0 bridgehead atoms. The van der Waals surface area contributed by atoms with Gasteiger partial charge in [0.05, 0.1) is 11.8 Å². The van der Waals surface area contributed by atoms with Crippen LogP contribution in [0.3, 0.4) is 0 Å². The van der Waals surface area contributed by atoms with E-state index in [1.165, 1.54) is 29.5 Å². The highest BCUT2D eigenvalue weighted by Gasteiger charge is 2.32. The summed E-state index contributed by atoms with van der Waals surface area (Å²) in [6.45, 7) is 4.23. The van der Waals surface area contributed by atoms with Crippen molar-refractivity contribution in [3.8, 4) is 5.69 Å². The third kappa shape index (κ3) is 2.79. The molecule has 1 N–H and O–H groups in total. The molecule has 6 heteroatoms. The first kappa shape index (κ1) is 16.7. The zero-order valence-electron chi connectivity index (χ0n) is 16.0. The number of nitrogens with one attached hydrogen (secondary N) is 1. The maximum absolute atomic E-state index is 12.6. The summed E-state index contributed by atoms with van der Waals surface area (Å²) in [5.74, 6) is 1.70. The van der Waals surface area contributed by atoms with E-state index in [1.54, 1.807) is 13.3 Å². The van der Waals surface area contributed by atoms with Crippen molar-refractivity contribution in [2.24, 2.45) is 0 Å². The average Bonchev–Trinajstić information content (AvgIpc) is 3.34. The first-order valence-electron chi connectivity index (χ1n) is 9.67. The minimum atomic E-state index is -0.118. The van der Waals surface area contributed by atoms with Crippen molar-refractivity contribution >= 4 is 11.0 Å². The molecule has 3 aromatic rings. The molecule has 0 amide bonds. The third-order valence-corrected chi connectivity index (χ3v) is 6.01. The average molecular weight is 364 g/mol. The zero-order valence-corrected chi connectivity index (χ0v) is 16.0. The quantitative estimate of drug-likeness (QED) is 0.769. The zero-order chi connectivity index (χ0) is 18.7. The number of H-pyrrole nitrogens is 1. The molecule has 0 spiro atoms. The number of aromatic amines is 1. The standard InChI is InChI=1S/C21H24N4O2/c1-11-6-14(13-4-5-13)7-12(2)18(11)25-10-17-20(24-25)22-19(23-21(17)26)15-8-16(9-15)27-3/h6-7,10,13,15-16H,4-5,8-9H2,1-3H3,(H,22,23,24,26). The molecule has 0 aliphatic heterocycles. The molecule has 5 rings (SSSR count). The fourth-order valence-electron chi connectivity index (χ4n) is 4.23. The van der Waals surface area contributed by atoms with Gasteiger partial charge in [0.2, 0.25) is 0 Å². The lowest BCUT2D eigenvalue weighted by Crippen LogP contribution is -2.31. The molecule has 1 aromatic carbocycles. The fourth-order valence-corrected chi connectivity index (χ4v) is 4.23. The van der Waals surface area contributed by atoms with E-state index < -0.39 is 0 Å². The predicted molar refractivity (Wildman–Crippen MR) is 104 cm³/mol. The minimum absolute atomic E-state index is 0.118. The lowest BCUT2D eigenvalue weighted by atomic mass is 9.81. The van der Waals surface area contributed by atoms with Gasteiger partial charge in [-0.05, 0) is 62.1 Å². The van der Waals surface area contributed by atoms with Gasteiger partial charge in [0, 0.05) is 19.2 Å². The van der Waals surface area contributed by atoms with Crippen LogP contribution in [0, 0.1) is 13.8 Å². The normalized spacial score (nSPS) is 22.2. The monoisotopic (exact) mass is 364 g/mol. The van der Waals surface area contributed by atoms with Gasteiger partial charge in [0.1, 0.15) is 11.2 Å². The van der Waals surface area contributed by atoms with Gasteiger partial charge < -0.3 is 9.72 Å². The Morgan fingerprint density at radius 1 is 1.15 bits per heavy atom. The van der Waals surface area contributed by atoms with Gasteiger partial charge in [-0.25, -0.2) is 9.67 Å². The van der Waals surface area contributed by atoms with E-state index in [4.69, 9.17) is 4.74 Å². The van der Waals surface area contributed by atoms with Crippen LogP contribution in [0.4, 0.5) is 0 Å². The van der Waals surface area contributed by atoms with Crippen molar-refractivity contribution in [3.05, 3.63) is 51.2 Å². The second-order valence-corrected chi connectivity index (χ2v) is 8.07. The van der Waals surface area contributed by atoms with Gasteiger partial charge in [0.25, 0.3) is 5.56 Å². The molecule has 0 radical (unpaired) electrons. The summed E-state index contributed by atoms with van der Waals surface area (Å²) in [6, 6.07) is 4.52. The van der Waals surface area contributed by atoms with E-state index >= 15 is 0 Å². The molecule has 6 nitrogen and oxygen atoms in total. The Kier molecular flexibility index (Phi) is 3.72. The molecule has 27 heavy (non-hydrogen) atoms. The summed E-state index contributed by atoms with van der Waals surface area (Å²) in [7, 11) is 1.72. The molecule has 140 valence electrons. The summed E-state index contributed by atoms with van der Waals surface area (Å²) in [6.07, 6.45) is 6.44. The van der Waals surface area contributed by atoms with Crippen LogP contribution < -0.4 is 5.56 Å². The Balaban J connectivity index is 1.55. The fraction of sp³-hybridized carbons (Fsp3) is 0.476. The number of hydrogen-bond donors (Lipinski definition) is 1. The first-order chi connectivity index (χ1) is 13.0. The first-order valence-corrected chi connectivity index (χ1v) is 9.67. The largest absolute Gasteiger partial charge is 0.381 e. The smallest absolute Gasteiger partial charge is 0.262 e. The van der Waals surface area contributed by atoms with E-state index in [0.717, 1.165) is 30.3 Å². The maximum atomic E-state index is 12.6. The van der Waals surface area contributed by atoms with Gasteiger partial charge in [0.15, 0.2) is 5.65 Å². The second-order valence-electron chi connectivity index (χ2n) is 8.07. The van der Waals surface area contributed by atoms with Crippen LogP contribution in [-0.4, -0.2) is 33.0 Å². The van der Waals surface area contributed by atoms with E-state index in [2.05, 4.69) is 41.0 Å². The van der Waals surface area contributed by atoms with Crippen LogP contribution in [0.5, 0.6) is 0 Å². The Hall–Kier alpha value is -2.47. The SMILES string of the molecule is COC1CC(c2nc3nn(-c4c(C)cc(C5CC5)cc4C)cc3c(=O)[nH]2)C1. The van der Waals surface area contributed by atoms with Crippen molar-refractivity contribution in [2.75, 3.05) is 7.11 Å². The number of benzene rings is 1. The van der Waals surface area contributed by atoms with Gasteiger partial charge in [-0.1, -0.05) is 12.1 Å². The molecular formula is C21H24N4O2. The molecule has 0 saturated heterocycles. The highest BCUT2D eigenvalue weighted by Crippen LogP contribution is 2.41. The maximum Gasteiger partial charge on any atom is 0.262 e. The molecule has 2 aromatic heterocycles. The Morgan fingerprint density at radius 3 is 2.48 bits per heavy atom. The van der Waals surface area contributed by atoms with Gasteiger partial charge in [-0.3, -0.25) is 4.79 Å². The van der Waals surface area contributed by atoms with Crippen LogP contribution in [0.15, 0.2) is 23.1 Å². The molecular weight excluding hydrogens is 340 g/mol. The van der Waals surface area contributed by atoms with E-state index in [1.807, 2.05) is 4.68 Å². The summed E-state index contributed by atoms with van der Waals surface area (Å²) in [4.78, 5) is 20.2. The molecule has 0 unspecified atom stereocenters. The second kappa shape index (κ2) is 6.02. The Bertz CT molecular complexity index is 1060. The summed E-state index contributed by atoms with van der Waals surface area (Å²) < 4.78 is 7.15. The van der Waals surface area contributed by atoms with Crippen molar-refractivity contribution < 1.29 is 4.74 Å². The molecule has 2 aliphatic carbocycles. The lowest BCUT2D eigenvalue weighted by molar-refractivity contribution is 0.0236. The van der Waals surface area contributed by atoms with Crippen LogP contribution in [0.25, 0.3) is 16.7 Å². The number of hydrogen-bond acceptors (Lipinski definition) is 4. The van der Waals surface area contributed by atoms with Crippen molar-refractivity contribution in [1.29, 1.82) is 0 Å². The van der Waals surface area contributed by atoms with E-state index in [-0.39, 0.29) is 17.6 Å². The van der Waals surface area contributed by atoms with E-state index in [0.29, 0.717) is 11.0 Å². The van der Waals surface area contributed by atoms with Gasteiger partial charge in [-0.15, -0.1) is 5.10 Å². The van der Waals surface area contributed by atoms with Crippen LogP contribution in [0.1, 0.15) is 60.0 Å². The summed E-state index contributed by atoms with van der Waals surface area (Å²) in [5.41, 5.74) is 5.22. The molecule has 2 heterocycles. The molecule has 2 aliphatic rings. The van der Waals surface area contributed by atoms with Crippen LogP contribution >= 0.6 is 0 Å². The lowest BCUT2D eigenvalue weighted by Gasteiger charge is -2.32. The minimum Gasteiger partial charge on any atom is -0.381 e. The van der Waals surface area contributed by atoms with E-state index in [9.17, 15) is 4.79 Å². The van der Waals surface area contributed by atoms with Crippen molar-refractivity contribution in [2.45, 2.75) is 57.5 Å². The van der Waals surface area contributed by atoms with Crippen LogP contribution in [-0.2, 0) is 4.74 Å². The van der Waals surface area contributed by atoms with Gasteiger partial charge in [-0.2, -0.15) is 0 Å². The summed E-state index contributed by atoms with van der Waals surface area (Å²) in [5, 5.41) is 5.18. The number of fused-ring (bicyclic) bond motifs is 1. The highest BCUT2D eigenvalue weighted by atomic mass is 16.5. The molecule has 0 atom stereocenters. The number of rotatable bonds is 4. The van der Waals surface area contributed by atoms with Crippen molar-refractivity contribution in [3.63, 3.8) is 0 Å². The predicted octanol–water partition coefficient (Wildman–Crippen LogP) is 3.50. The third-order valence-electron chi connectivity index (χ3n) is 6.01. The van der Waals surface area contributed by atoms with Gasteiger partial charge >= 0.3 is 0 Å². The Labute approximate surface area is 157 Å². The number of aryl methyl sites for hydroxylation is 2. The molecule has 2 saturated carbocycles.